The molecule has 0 saturated carbocycles. The number of ether oxygens (including phenoxy) is 3. The number of aromatic nitrogens is 1. The maximum Gasteiger partial charge on any atom is 0.254 e. The lowest BCUT2D eigenvalue weighted by molar-refractivity contribution is -0.187. The fraction of sp³-hybridized carbons (Fsp3) is 0.462. The number of rotatable bonds is 2. The summed E-state index contributed by atoms with van der Waals surface area (Å²) in [6, 6.07) is 5.45. The molecule has 19 heavy (non-hydrogen) atoms. The highest BCUT2D eigenvalue weighted by atomic mass is 16.8. The van der Waals surface area contributed by atoms with Gasteiger partial charge >= 0.3 is 0 Å². The predicted octanol–water partition coefficient (Wildman–Crippen LogP) is 1.18. The summed E-state index contributed by atoms with van der Waals surface area (Å²) >= 11 is 0. The third-order valence-electron chi connectivity index (χ3n) is 3.31. The zero-order chi connectivity index (χ0) is 13.5. The molecule has 102 valence electrons. The first kappa shape index (κ1) is 12.4. The highest BCUT2D eigenvalue weighted by Crippen LogP contribution is 2.43. The van der Waals surface area contributed by atoms with Gasteiger partial charge in [0.05, 0.1) is 6.61 Å². The van der Waals surface area contributed by atoms with Gasteiger partial charge < -0.3 is 24.4 Å². The Hall–Kier alpha value is -1.63. The fourth-order valence-electron chi connectivity index (χ4n) is 2.29. The first-order valence-corrected chi connectivity index (χ1v) is 6.17. The van der Waals surface area contributed by atoms with Crippen molar-refractivity contribution in [2.24, 2.45) is 0 Å². The van der Waals surface area contributed by atoms with E-state index >= 15 is 0 Å². The van der Waals surface area contributed by atoms with E-state index in [1.165, 1.54) is 0 Å². The van der Waals surface area contributed by atoms with Gasteiger partial charge in [-0.1, -0.05) is 13.0 Å². The first-order valence-electron chi connectivity index (χ1n) is 6.17. The Morgan fingerprint density at radius 3 is 3.00 bits per heavy atom. The molecular weight excluding hydrogens is 250 g/mol. The Labute approximate surface area is 110 Å². The Bertz CT molecular complexity index is 503. The summed E-state index contributed by atoms with van der Waals surface area (Å²) in [6.07, 6.45) is 0.297. The van der Waals surface area contributed by atoms with E-state index in [2.05, 4.69) is 4.98 Å². The lowest BCUT2D eigenvalue weighted by Gasteiger charge is -2.25. The van der Waals surface area contributed by atoms with E-state index in [1.54, 1.807) is 18.3 Å². The second-order valence-electron chi connectivity index (χ2n) is 4.47. The smallest absolute Gasteiger partial charge is 0.254 e. The number of pyridine rings is 1. The van der Waals surface area contributed by atoms with Gasteiger partial charge in [0.25, 0.3) is 5.79 Å². The molecule has 0 radical (unpaired) electrons. The molecule has 0 aliphatic carbocycles. The molecule has 3 heterocycles. The molecule has 2 aliphatic heterocycles. The molecule has 6 nitrogen and oxygen atoms in total. The molecule has 2 aliphatic rings. The van der Waals surface area contributed by atoms with Crippen LogP contribution < -0.4 is 0 Å². The Balaban J connectivity index is 1.99. The molecular formula is C13H15NO5. The minimum atomic E-state index is -1.36. The number of aliphatic hydroxyl groups is 2. The minimum absolute atomic E-state index is 0.134. The molecule has 1 aromatic rings. The largest absolute Gasteiger partial charge is 0.505 e. The van der Waals surface area contributed by atoms with Crippen molar-refractivity contribution in [3.05, 3.63) is 41.6 Å². The molecule has 1 saturated heterocycles. The van der Waals surface area contributed by atoms with Crippen LogP contribution in [0.15, 0.2) is 35.9 Å². The molecule has 3 unspecified atom stereocenters. The fourth-order valence-corrected chi connectivity index (χ4v) is 2.29. The molecule has 6 heteroatoms. The van der Waals surface area contributed by atoms with Crippen molar-refractivity contribution in [1.82, 2.24) is 4.98 Å². The predicted molar refractivity (Wildman–Crippen MR) is 63.8 cm³/mol. The van der Waals surface area contributed by atoms with Crippen LogP contribution in [0.25, 0.3) is 0 Å². The van der Waals surface area contributed by atoms with E-state index in [9.17, 15) is 10.2 Å². The van der Waals surface area contributed by atoms with Crippen LogP contribution in [0.4, 0.5) is 0 Å². The number of aliphatic hydroxyl groups excluding tert-OH is 2. The van der Waals surface area contributed by atoms with Gasteiger partial charge in [0.2, 0.25) is 6.29 Å². The molecule has 0 spiro atoms. The van der Waals surface area contributed by atoms with Gasteiger partial charge in [-0.3, -0.25) is 4.98 Å². The standard InChI is InChI=1S/C13H15NO5/c1-2-13(9-5-3-4-6-14-9)18-8-7-17-12(16)10(15)11(8)19-13/h3-6,8,12,15-16H,2,7H2,1H3. The molecule has 1 aromatic heterocycles. The van der Waals surface area contributed by atoms with Crippen molar-refractivity contribution in [1.29, 1.82) is 0 Å². The Morgan fingerprint density at radius 2 is 2.32 bits per heavy atom. The summed E-state index contributed by atoms with van der Waals surface area (Å²) < 4.78 is 16.6. The molecule has 3 atom stereocenters. The minimum Gasteiger partial charge on any atom is -0.505 e. The first-order chi connectivity index (χ1) is 9.16. The van der Waals surface area contributed by atoms with E-state index in [0.717, 1.165) is 0 Å². The van der Waals surface area contributed by atoms with Crippen molar-refractivity contribution in [3.63, 3.8) is 0 Å². The monoisotopic (exact) mass is 265 g/mol. The van der Waals surface area contributed by atoms with E-state index < -0.39 is 18.2 Å². The number of nitrogens with zero attached hydrogens (tertiary/aromatic N) is 1. The van der Waals surface area contributed by atoms with Gasteiger partial charge in [-0.25, -0.2) is 0 Å². The molecule has 3 rings (SSSR count). The average Bonchev–Trinajstić information content (AvgIpc) is 2.85. The van der Waals surface area contributed by atoms with Crippen LogP contribution in [0.2, 0.25) is 0 Å². The summed E-state index contributed by atoms with van der Waals surface area (Å²) in [5.41, 5.74) is 0.627. The zero-order valence-corrected chi connectivity index (χ0v) is 10.4. The highest BCUT2D eigenvalue weighted by molar-refractivity contribution is 5.20. The molecule has 2 N–H and O–H groups in total. The molecule has 0 bridgehead atoms. The van der Waals surface area contributed by atoms with Crippen LogP contribution in [0.1, 0.15) is 19.0 Å². The van der Waals surface area contributed by atoms with Crippen molar-refractivity contribution in [2.75, 3.05) is 6.61 Å². The van der Waals surface area contributed by atoms with Crippen molar-refractivity contribution >= 4 is 0 Å². The maximum atomic E-state index is 9.80. The summed E-state index contributed by atoms with van der Waals surface area (Å²) in [7, 11) is 0. The van der Waals surface area contributed by atoms with Crippen LogP contribution in [-0.4, -0.2) is 34.2 Å². The van der Waals surface area contributed by atoms with E-state index in [1.807, 2.05) is 13.0 Å². The summed E-state index contributed by atoms with van der Waals surface area (Å²) in [6.45, 7) is 2.04. The lowest BCUT2D eigenvalue weighted by Crippen LogP contribution is -2.32. The van der Waals surface area contributed by atoms with Gasteiger partial charge in [0.1, 0.15) is 11.8 Å². The average molecular weight is 265 g/mol. The highest BCUT2D eigenvalue weighted by Gasteiger charge is 2.50. The maximum absolute atomic E-state index is 9.80. The summed E-state index contributed by atoms with van der Waals surface area (Å²) in [5, 5.41) is 19.3. The molecule has 1 fully saturated rings. The van der Waals surface area contributed by atoms with Crippen LogP contribution in [0, 0.1) is 0 Å². The number of hydrogen-bond acceptors (Lipinski definition) is 6. The van der Waals surface area contributed by atoms with Crippen LogP contribution in [0.3, 0.4) is 0 Å². The van der Waals surface area contributed by atoms with Gasteiger partial charge in [0, 0.05) is 12.6 Å². The quantitative estimate of drug-likeness (QED) is 0.835. The van der Waals surface area contributed by atoms with Gasteiger partial charge in [-0.15, -0.1) is 0 Å². The topological polar surface area (TPSA) is 81.0 Å². The second kappa shape index (κ2) is 4.48. The van der Waals surface area contributed by atoms with E-state index in [0.29, 0.717) is 12.1 Å². The third kappa shape index (κ3) is 1.88. The number of fused-ring (bicyclic) bond motifs is 1. The van der Waals surface area contributed by atoms with Crippen LogP contribution in [-0.2, 0) is 20.0 Å². The molecule has 0 amide bonds. The Morgan fingerprint density at radius 1 is 1.47 bits per heavy atom. The normalized spacial score (nSPS) is 34.0. The van der Waals surface area contributed by atoms with Crippen molar-refractivity contribution in [2.45, 2.75) is 31.5 Å². The summed E-state index contributed by atoms with van der Waals surface area (Å²) in [4.78, 5) is 4.25. The van der Waals surface area contributed by atoms with Gasteiger partial charge in [-0.2, -0.15) is 0 Å². The van der Waals surface area contributed by atoms with Crippen molar-refractivity contribution in [3.8, 4) is 0 Å². The molecule has 0 aromatic carbocycles. The Kier molecular flexibility index (Phi) is 2.93. The third-order valence-corrected chi connectivity index (χ3v) is 3.31. The van der Waals surface area contributed by atoms with Gasteiger partial charge in [0.15, 0.2) is 11.5 Å². The van der Waals surface area contributed by atoms with Crippen LogP contribution in [0.5, 0.6) is 0 Å². The van der Waals surface area contributed by atoms with E-state index in [4.69, 9.17) is 14.2 Å². The number of hydrogen-bond donors (Lipinski definition) is 2. The SMILES string of the molecule is CCC1(c2ccccn2)OC2=C(O)C(O)OCC2O1. The van der Waals surface area contributed by atoms with E-state index in [-0.39, 0.29) is 18.1 Å². The van der Waals surface area contributed by atoms with Crippen molar-refractivity contribution < 1.29 is 24.4 Å². The summed E-state index contributed by atoms with van der Waals surface area (Å²) in [5.74, 6) is -1.14. The second-order valence-corrected chi connectivity index (χ2v) is 4.47. The lowest BCUT2D eigenvalue weighted by atomic mass is 10.1. The van der Waals surface area contributed by atoms with Gasteiger partial charge in [-0.05, 0) is 12.1 Å². The van der Waals surface area contributed by atoms with Crippen LogP contribution >= 0.6 is 0 Å². The zero-order valence-electron chi connectivity index (χ0n) is 10.4.